The Balaban J connectivity index is 1.86. The van der Waals surface area contributed by atoms with E-state index in [-0.39, 0.29) is 0 Å². The van der Waals surface area contributed by atoms with Crippen LogP contribution < -0.4 is 10.2 Å². The molecule has 0 amide bonds. The fraction of sp³-hybridized carbons (Fsp3) is 0.556. The van der Waals surface area contributed by atoms with Gasteiger partial charge in [-0.1, -0.05) is 6.07 Å². The number of hydrogen-bond acceptors (Lipinski definition) is 1. The zero-order valence-electron chi connectivity index (χ0n) is 7.25. The van der Waals surface area contributed by atoms with E-state index in [1.807, 2.05) is 11.3 Å². The molecule has 2 heterocycles. The van der Waals surface area contributed by atoms with Gasteiger partial charge in [-0.25, -0.2) is 0 Å². The van der Waals surface area contributed by atoms with Crippen molar-refractivity contribution in [1.29, 1.82) is 0 Å². The summed E-state index contributed by atoms with van der Waals surface area (Å²) >= 11 is 1.89. The monoisotopic (exact) mass is 184 g/mol. The summed E-state index contributed by atoms with van der Waals surface area (Å²) in [5.74, 6) is 0. The summed E-state index contributed by atoms with van der Waals surface area (Å²) in [6.07, 6.45) is 0. The molecule has 1 aliphatic heterocycles. The van der Waals surface area contributed by atoms with Gasteiger partial charge in [-0.2, -0.15) is 0 Å². The third-order valence-electron chi connectivity index (χ3n) is 2.41. The van der Waals surface area contributed by atoms with Crippen molar-refractivity contribution in [2.24, 2.45) is 0 Å². The van der Waals surface area contributed by atoms with E-state index in [9.17, 15) is 0 Å². The van der Waals surface area contributed by atoms with Crippen LogP contribution in [0.1, 0.15) is 4.88 Å². The van der Waals surface area contributed by atoms with E-state index in [2.05, 4.69) is 22.8 Å². The van der Waals surface area contributed by atoms with Crippen LogP contribution >= 0.6 is 11.3 Å². The van der Waals surface area contributed by atoms with Gasteiger partial charge in [0.05, 0.1) is 4.88 Å². The Bertz CT molecular complexity index is 214. The Hall–Kier alpha value is -0.380. The Morgan fingerprint density at radius 2 is 2.25 bits per heavy atom. The van der Waals surface area contributed by atoms with Crippen molar-refractivity contribution in [3.63, 3.8) is 0 Å². The number of nitrogens with two attached hydrogens (primary N) is 1. The van der Waals surface area contributed by atoms with Crippen LogP contribution in [0, 0.1) is 0 Å². The molecule has 3 heteroatoms. The lowest BCUT2D eigenvalue weighted by Crippen LogP contribution is -3.19. The van der Waals surface area contributed by atoms with Gasteiger partial charge in [0.2, 0.25) is 0 Å². The highest BCUT2D eigenvalue weighted by molar-refractivity contribution is 7.09. The molecule has 0 aromatic carbocycles. The van der Waals surface area contributed by atoms with Crippen LogP contribution in [-0.2, 0) is 6.54 Å². The third-order valence-corrected chi connectivity index (χ3v) is 3.28. The fourth-order valence-corrected chi connectivity index (χ4v) is 2.49. The first-order valence-electron chi connectivity index (χ1n) is 4.63. The third kappa shape index (κ3) is 2.06. The minimum absolute atomic E-state index is 1.24. The molecule has 0 unspecified atom stereocenters. The zero-order chi connectivity index (χ0) is 8.23. The molecule has 1 aromatic rings. The lowest BCUT2D eigenvalue weighted by molar-refractivity contribution is -0.957. The highest BCUT2D eigenvalue weighted by Crippen LogP contribution is 2.05. The highest BCUT2D eigenvalue weighted by Gasteiger charge is 2.15. The number of hydrogen-bond donors (Lipinski definition) is 2. The van der Waals surface area contributed by atoms with Crippen molar-refractivity contribution in [3.05, 3.63) is 22.4 Å². The highest BCUT2D eigenvalue weighted by atomic mass is 32.1. The number of thiophene rings is 1. The minimum Gasteiger partial charge on any atom is -0.337 e. The molecule has 66 valence electrons. The minimum atomic E-state index is 1.24. The molecule has 12 heavy (non-hydrogen) atoms. The summed E-state index contributed by atoms with van der Waals surface area (Å²) in [7, 11) is 0. The van der Waals surface area contributed by atoms with Crippen molar-refractivity contribution in [2.75, 3.05) is 26.2 Å². The van der Waals surface area contributed by atoms with Gasteiger partial charge >= 0.3 is 0 Å². The van der Waals surface area contributed by atoms with Crippen LogP contribution in [0.15, 0.2) is 17.5 Å². The van der Waals surface area contributed by atoms with Crippen LogP contribution in [0.3, 0.4) is 0 Å². The summed E-state index contributed by atoms with van der Waals surface area (Å²) < 4.78 is 0. The van der Waals surface area contributed by atoms with Gasteiger partial charge in [-0.15, -0.1) is 11.3 Å². The molecular weight excluding hydrogens is 168 g/mol. The standard InChI is InChI=1S/C9H14N2S/c1-2-9(12-7-1)8-11-5-3-10-4-6-11/h1-2,7,10H,3-6,8H2/p+2. The molecule has 0 aliphatic carbocycles. The van der Waals surface area contributed by atoms with Gasteiger partial charge < -0.3 is 10.2 Å². The van der Waals surface area contributed by atoms with E-state index in [0.717, 1.165) is 0 Å². The second-order valence-corrected chi connectivity index (χ2v) is 4.40. The average molecular weight is 184 g/mol. The molecule has 1 saturated heterocycles. The molecule has 1 aliphatic rings. The van der Waals surface area contributed by atoms with Gasteiger partial charge in [0.1, 0.15) is 32.7 Å². The molecule has 2 nitrogen and oxygen atoms in total. The number of quaternary nitrogens is 2. The summed E-state index contributed by atoms with van der Waals surface area (Å²) in [6, 6.07) is 4.39. The molecule has 0 radical (unpaired) electrons. The Morgan fingerprint density at radius 3 is 2.92 bits per heavy atom. The van der Waals surface area contributed by atoms with Crippen molar-refractivity contribution < 1.29 is 10.2 Å². The summed E-state index contributed by atoms with van der Waals surface area (Å²) in [5, 5.41) is 4.59. The Kier molecular flexibility index (Phi) is 2.76. The first kappa shape index (κ1) is 8.23. The van der Waals surface area contributed by atoms with E-state index < -0.39 is 0 Å². The first-order chi connectivity index (χ1) is 5.95. The lowest BCUT2D eigenvalue weighted by atomic mass is 10.3. The average Bonchev–Trinajstić information content (AvgIpc) is 2.59. The second kappa shape index (κ2) is 4.03. The van der Waals surface area contributed by atoms with Crippen molar-refractivity contribution >= 4 is 11.3 Å². The summed E-state index contributed by atoms with van der Waals surface area (Å²) in [6.45, 7) is 6.52. The molecular formula is C9H16N2S+2. The van der Waals surface area contributed by atoms with Gasteiger partial charge in [0.25, 0.3) is 0 Å². The Labute approximate surface area is 77.2 Å². The Morgan fingerprint density at radius 1 is 1.42 bits per heavy atom. The fourth-order valence-electron chi connectivity index (χ4n) is 1.72. The smallest absolute Gasteiger partial charge is 0.127 e. The molecule has 1 aromatic heterocycles. The maximum atomic E-state index is 2.41. The first-order valence-corrected chi connectivity index (χ1v) is 5.51. The van der Waals surface area contributed by atoms with Gasteiger partial charge in [0, 0.05) is 0 Å². The van der Waals surface area contributed by atoms with Crippen LogP contribution in [0.4, 0.5) is 0 Å². The molecule has 0 saturated carbocycles. The van der Waals surface area contributed by atoms with Gasteiger partial charge in [-0.3, -0.25) is 0 Å². The van der Waals surface area contributed by atoms with E-state index in [4.69, 9.17) is 0 Å². The number of rotatable bonds is 2. The molecule has 0 atom stereocenters. The predicted molar refractivity (Wildman–Crippen MR) is 50.4 cm³/mol. The number of piperazine rings is 1. The second-order valence-electron chi connectivity index (χ2n) is 3.37. The maximum Gasteiger partial charge on any atom is 0.127 e. The molecule has 2 rings (SSSR count). The van der Waals surface area contributed by atoms with Crippen LogP contribution in [0.2, 0.25) is 0 Å². The maximum absolute atomic E-state index is 2.41. The van der Waals surface area contributed by atoms with E-state index >= 15 is 0 Å². The number of nitrogens with one attached hydrogen (secondary N) is 1. The summed E-state index contributed by atoms with van der Waals surface area (Å²) in [4.78, 5) is 3.28. The lowest BCUT2D eigenvalue weighted by Gasteiger charge is -2.21. The topological polar surface area (TPSA) is 21.1 Å². The molecule has 3 N–H and O–H groups in total. The van der Waals surface area contributed by atoms with Gasteiger partial charge in [0.15, 0.2) is 0 Å². The van der Waals surface area contributed by atoms with Crippen LogP contribution in [0.25, 0.3) is 0 Å². The van der Waals surface area contributed by atoms with Crippen LogP contribution in [-0.4, -0.2) is 26.2 Å². The van der Waals surface area contributed by atoms with Crippen molar-refractivity contribution in [2.45, 2.75) is 6.54 Å². The quantitative estimate of drug-likeness (QED) is 0.571. The molecule has 0 bridgehead atoms. The molecule has 0 spiro atoms. The van der Waals surface area contributed by atoms with E-state index in [1.54, 1.807) is 4.90 Å². The predicted octanol–water partition coefficient (Wildman–Crippen LogP) is -1.29. The summed E-state index contributed by atoms with van der Waals surface area (Å²) in [5.41, 5.74) is 0. The van der Waals surface area contributed by atoms with Crippen LogP contribution in [0.5, 0.6) is 0 Å². The van der Waals surface area contributed by atoms with Crippen molar-refractivity contribution in [3.8, 4) is 0 Å². The normalized spacial score (nSPS) is 19.7. The van der Waals surface area contributed by atoms with Crippen molar-refractivity contribution in [1.82, 2.24) is 0 Å². The molecule has 1 fully saturated rings. The van der Waals surface area contributed by atoms with E-state index in [0.29, 0.717) is 0 Å². The SMILES string of the molecule is c1csc(C[NH+]2CC[NH2+]CC2)c1. The zero-order valence-corrected chi connectivity index (χ0v) is 8.07. The largest absolute Gasteiger partial charge is 0.337 e. The van der Waals surface area contributed by atoms with E-state index in [1.165, 1.54) is 37.6 Å². The van der Waals surface area contributed by atoms with Gasteiger partial charge in [-0.05, 0) is 11.4 Å².